The van der Waals surface area contributed by atoms with Gasteiger partial charge in [-0.2, -0.15) is 21.0 Å². The number of rotatable bonds is 0. The fraction of sp³-hybridized carbons (Fsp3) is 0. The molecule has 0 aliphatic heterocycles. The van der Waals surface area contributed by atoms with E-state index < -0.39 is 0 Å². The predicted octanol–water partition coefficient (Wildman–Crippen LogP) is 4.20. The quantitative estimate of drug-likeness (QED) is 0.325. The summed E-state index contributed by atoms with van der Waals surface area (Å²) < 4.78 is 2.70. The van der Waals surface area contributed by atoms with E-state index in [0.29, 0.717) is 9.33 Å². The normalized spacial score (nSPS) is 11.0. The monoisotopic (exact) mass is 442 g/mol. The molecule has 0 aliphatic carbocycles. The van der Waals surface area contributed by atoms with Gasteiger partial charge in [-0.3, -0.25) is 0 Å². The van der Waals surface area contributed by atoms with Crippen LogP contribution in [0.2, 0.25) is 0 Å². The third-order valence-electron chi connectivity index (χ3n) is 5.48. The Bertz CT molecular complexity index is 1900. The van der Waals surface area contributed by atoms with E-state index in [1.54, 1.807) is 0 Å². The van der Waals surface area contributed by atoms with E-state index in [4.69, 9.17) is 0 Å². The fourth-order valence-electron chi connectivity index (χ4n) is 4.16. The molecular weight excluding hydrogens is 436 g/mol. The molecule has 0 radical (unpaired) electrons. The van der Waals surface area contributed by atoms with E-state index in [9.17, 15) is 21.0 Å². The van der Waals surface area contributed by atoms with Crippen molar-refractivity contribution in [3.63, 3.8) is 0 Å². The summed E-state index contributed by atoms with van der Waals surface area (Å²) in [6.45, 7) is 0. The number of hydrogen-bond donors (Lipinski definition) is 0. The van der Waals surface area contributed by atoms with Crippen molar-refractivity contribution in [3.05, 3.63) is 45.7 Å². The largest absolute Gasteiger partial charge is 0.234 e. The average molecular weight is 442 g/mol. The molecule has 2 aromatic heterocycles. The Labute approximate surface area is 187 Å². The summed E-state index contributed by atoms with van der Waals surface area (Å²) >= 11 is 2.69. The van der Waals surface area contributed by atoms with Crippen molar-refractivity contribution < 1.29 is 0 Å². The lowest BCUT2D eigenvalue weighted by atomic mass is 9.94. The summed E-state index contributed by atoms with van der Waals surface area (Å²) in [5.41, 5.74) is 1.53. The SMILES string of the molecule is N#CC(C#N)=c1nc2cc3ccc4c5sc(=C(C#N)C#N)nc5cc5ccc(c2s1)c3c54. The Balaban J connectivity index is 1.84. The van der Waals surface area contributed by atoms with Crippen LogP contribution in [0.15, 0.2) is 36.4 Å². The molecule has 0 saturated carbocycles. The van der Waals surface area contributed by atoms with Crippen LogP contribution in [0.4, 0.5) is 0 Å². The maximum absolute atomic E-state index is 9.24. The van der Waals surface area contributed by atoms with Crippen molar-refractivity contribution in [2.75, 3.05) is 0 Å². The maximum Gasteiger partial charge on any atom is 0.165 e. The zero-order valence-electron chi connectivity index (χ0n) is 16.0. The minimum absolute atomic E-state index is 0.00808. The molecule has 0 amide bonds. The Morgan fingerprint density at radius 1 is 0.625 bits per heavy atom. The molecule has 8 heteroatoms. The number of nitriles is 4. The van der Waals surface area contributed by atoms with Gasteiger partial charge in [0.05, 0.1) is 20.4 Å². The standard InChI is InChI=1S/C24H6N6S2/c25-7-13(8-26)23-29-17-5-11-1-3-15-20-12(2-4-16(19(11)20)22(17)32-23)6-18-21(15)31-24(30-18)14(9-27)10-28/h1-6H. The van der Waals surface area contributed by atoms with Gasteiger partial charge >= 0.3 is 0 Å². The van der Waals surface area contributed by atoms with Crippen LogP contribution in [-0.4, -0.2) is 9.97 Å². The smallest absolute Gasteiger partial charge is 0.165 e. The molecular formula is C24H6N6S2. The molecule has 32 heavy (non-hydrogen) atoms. The van der Waals surface area contributed by atoms with Crippen LogP contribution in [0.3, 0.4) is 0 Å². The van der Waals surface area contributed by atoms with Crippen molar-refractivity contribution in [1.29, 1.82) is 21.0 Å². The molecule has 0 fully saturated rings. The van der Waals surface area contributed by atoms with Crippen LogP contribution < -0.4 is 9.33 Å². The van der Waals surface area contributed by atoms with Crippen LogP contribution in [0.25, 0.3) is 63.9 Å². The van der Waals surface area contributed by atoms with Gasteiger partial charge in [0.1, 0.15) is 33.6 Å². The van der Waals surface area contributed by atoms with Crippen molar-refractivity contribution in [1.82, 2.24) is 9.97 Å². The minimum Gasteiger partial charge on any atom is -0.234 e. The number of hydrogen-bond acceptors (Lipinski definition) is 8. The second kappa shape index (κ2) is 6.45. The first kappa shape index (κ1) is 18.2. The summed E-state index contributed by atoms with van der Waals surface area (Å²) in [4.78, 5) is 9.07. The van der Waals surface area contributed by atoms with E-state index in [1.807, 2.05) is 60.7 Å². The number of nitrogens with zero attached hydrogens (tertiary/aromatic N) is 6. The first-order valence-electron chi connectivity index (χ1n) is 9.33. The highest BCUT2D eigenvalue weighted by molar-refractivity contribution is 7.18. The van der Waals surface area contributed by atoms with Gasteiger partial charge in [-0.25, -0.2) is 9.97 Å². The highest BCUT2D eigenvalue weighted by Crippen LogP contribution is 2.41. The van der Waals surface area contributed by atoms with Gasteiger partial charge in [-0.05, 0) is 33.7 Å². The van der Waals surface area contributed by atoms with Gasteiger partial charge in [0.2, 0.25) is 0 Å². The number of thiazole rings is 2. The number of fused-ring (bicyclic) bond motifs is 4. The molecule has 0 atom stereocenters. The molecule has 144 valence electrons. The Morgan fingerprint density at radius 3 is 1.41 bits per heavy atom. The average Bonchev–Trinajstić information content (AvgIpc) is 3.42. The van der Waals surface area contributed by atoms with Gasteiger partial charge in [0.25, 0.3) is 0 Å². The van der Waals surface area contributed by atoms with Crippen LogP contribution in [0, 0.1) is 45.3 Å². The lowest BCUT2D eigenvalue weighted by Gasteiger charge is -2.11. The summed E-state index contributed by atoms with van der Waals surface area (Å²) in [5, 5.41) is 43.2. The van der Waals surface area contributed by atoms with Gasteiger partial charge in [-0.1, -0.05) is 24.3 Å². The zero-order valence-corrected chi connectivity index (χ0v) is 17.6. The number of aromatic nitrogens is 2. The molecule has 0 aliphatic rings. The Kier molecular flexibility index (Phi) is 3.66. The first-order valence-corrected chi connectivity index (χ1v) is 11.0. The molecule has 0 N–H and O–H groups in total. The van der Waals surface area contributed by atoms with E-state index in [2.05, 4.69) is 9.97 Å². The fourth-order valence-corrected chi connectivity index (χ4v) is 6.20. The van der Waals surface area contributed by atoms with Crippen LogP contribution in [0.1, 0.15) is 0 Å². The van der Waals surface area contributed by atoms with Crippen molar-refractivity contribution >= 4 is 86.6 Å². The van der Waals surface area contributed by atoms with Crippen LogP contribution in [0.5, 0.6) is 0 Å². The molecule has 4 aromatic carbocycles. The molecule has 0 unspecified atom stereocenters. The molecule has 6 nitrogen and oxygen atoms in total. The van der Waals surface area contributed by atoms with Gasteiger partial charge in [-0.15, -0.1) is 22.7 Å². The van der Waals surface area contributed by atoms with Crippen molar-refractivity contribution in [2.45, 2.75) is 0 Å². The molecule has 0 spiro atoms. The lowest BCUT2D eigenvalue weighted by molar-refractivity contribution is 1.40. The molecule has 6 rings (SSSR count). The first-order chi connectivity index (χ1) is 15.7. The molecule has 6 aromatic rings. The van der Waals surface area contributed by atoms with E-state index in [0.717, 1.165) is 52.8 Å². The van der Waals surface area contributed by atoms with Gasteiger partial charge < -0.3 is 0 Å². The summed E-state index contributed by atoms with van der Waals surface area (Å²) in [6, 6.07) is 19.8. The summed E-state index contributed by atoms with van der Waals surface area (Å²) in [7, 11) is 0. The summed E-state index contributed by atoms with van der Waals surface area (Å²) in [6.07, 6.45) is 0. The second-order valence-corrected chi connectivity index (χ2v) is 9.11. The van der Waals surface area contributed by atoms with E-state index in [1.165, 1.54) is 22.7 Å². The number of benzene rings is 4. The third kappa shape index (κ3) is 2.28. The predicted molar refractivity (Wildman–Crippen MR) is 125 cm³/mol. The zero-order chi connectivity index (χ0) is 22.0. The topological polar surface area (TPSA) is 121 Å². The second-order valence-electron chi connectivity index (χ2n) is 7.11. The third-order valence-corrected chi connectivity index (χ3v) is 7.72. The van der Waals surface area contributed by atoms with Crippen LogP contribution in [-0.2, 0) is 0 Å². The van der Waals surface area contributed by atoms with E-state index in [-0.39, 0.29) is 11.1 Å². The highest BCUT2D eigenvalue weighted by Gasteiger charge is 2.17. The maximum atomic E-state index is 9.24. The van der Waals surface area contributed by atoms with E-state index >= 15 is 0 Å². The van der Waals surface area contributed by atoms with Gasteiger partial charge in [0.15, 0.2) is 11.1 Å². The van der Waals surface area contributed by atoms with Crippen LogP contribution >= 0.6 is 22.7 Å². The van der Waals surface area contributed by atoms with Gasteiger partial charge in [0, 0.05) is 10.8 Å². The lowest BCUT2D eigenvalue weighted by Crippen LogP contribution is -2.00. The molecule has 0 saturated heterocycles. The molecule has 0 bridgehead atoms. The summed E-state index contributed by atoms with van der Waals surface area (Å²) in [5.74, 6) is 0. The molecule has 2 heterocycles. The highest BCUT2D eigenvalue weighted by atomic mass is 32.1. The Morgan fingerprint density at radius 2 is 1.03 bits per heavy atom. The Hall–Kier alpha value is -4.60. The minimum atomic E-state index is 0.00808. The van der Waals surface area contributed by atoms with Crippen molar-refractivity contribution in [3.8, 4) is 24.3 Å². The van der Waals surface area contributed by atoms with Crippen molar-refractivity contribution in [2.24, 2.45) is 0 Å².